The van der Waals surface area contributed by atoms with Crippen molar-refractivity contribution in [2.75, 3.05) is 13.1 Å². The fourth-order valence-electron chi connectivity index (χ4n) is 4.73. The van der Waals surface area contributed by atoms with Gasteiger partial charge in [-0.2, -0.15) is 5.26 Å². The largest absolute Gasteiger partial charge is 0.464 e. The molecular weight excluding hydrogens is 452 g/mol. The Morgan fingerprint density at radius 1 is 1.08 bits per heavy atom. The molecule has 7 heteroatoms. The van der Waals surface area contributed by atoms with Crippen molar-refractivity contribution in [2.45, 2.75) is 45.9 Å². The minimum absolute atomic E-state index is 0.0254. The van der Waals surface area contributed by atoms with Crippen molar-refractivity contribution >= 4 is 11.8 Å². The normalized spacial score (nSPS) is 18.1. The third-order valence-electron chi connectivity index (χ3n) is 6.57. The Morgan fingerprint density at radius 2 is 1.83 bits per heavy atom. The van der Waals surface area contributed by atoms with Crippen molar-refractivity contribution in [1.82, 2.24) is 15.1 Å². The number of furan rings is 1. The third kappa shape index (κ3) is 5.67. The van der Waals surface area contributed by atoms with Gasteiger partial charge in [0.15, 0.2) is 0 Å². The van der Waals surface area contributed by atoms with E-state index in [0.29, 0.717) is 31.7 Å². The van der Waals surface area contributed by atoms with E-state index in [9.17, 15) is 14.9 Å². The van der Waals surface area contributed by atoms with E-state index in [0.717, 1.165) is 22.5 Å². The second-order valence-electron chi connectivity index (χ2n) is 9.62. The molecule has 0 aliphatic carbocycles. The van der Waals surface area contributed by atoms with Crippen molar-refractivity contribution in [3.63, 3.8) is 0 Å². The number of benzene rings is 2. The highest BCUT2D eigenvalue weighted by Crippen LogP contribution is 2.23. The number of nitrogens with one attached hydrogen (secondary N) is 1. The summed E-state index contributed by atoms with van der Waals surface area (Å²) in [6.07, 6.45) is 1.64. The Labute approximate surface area is 212 Å². The maximum atomic E-state index is 13.4. The quantitative estimate of drug-likeness (QED) is 0.543. The van der Waals surface area contributed by atoms with Gasteiger partial charge in [-0.25, -0.2) is 0 Å². The lowest BCUT2D eigenvalue weighted by atomic mass is 10.0. The first-order valence-electron chi connectivity index (χ1n) is 12.3. The minimum atomic E-state index is -0.611. The van der Waals surface area contributed by atoms with Gasteiger partial charge < -0.3 is 14.6 Å². The predicted octanol–water partition coefficient (Wildman–Crippen LogP) is 4.19. The van der Waals surface area contributed by atoms with Gasteiger partial charge in [0.2, 0.25) is 11.8 Å². The van der Waals surface area contributed by atoms with Gasteiger partial charge >= 0.3 is 0 Å². The van der Waals surface area contributed by atoms with Gasteiger partial charge in [-0.3, -0.25) is 14.5 Å². The van der Waals surface area contributed by atoms with Crippen LogP contribution in [-0.4, -0.2) is 46.8 Å². The van der Waals surface area contributed by atoms with Crippen LogP contribution < -0.4 is 5.32 Å². The summed E-state index contributed by atoms with van der Waals surface area (Å²) in [6.45, 7) is 7.66. The molecule has 1 aliphatic rings. The zero-order chi connectivity index (χ0) is 25.7. The lowest BCUT2D eigenvalue weighted by Gasteiger charge is -2.45. The van der Waals surface area contributed by atoms with Gasteiger partial charge in [-0.15, -0.1) is 0 Å². The first-order valence-corrected chi connectivity index (χ1v) is 12.3. The highest BCUT2D eigenvalue weighted by molar-refractivity contribution is 5.89. The van der Waals surface area contributed by atoms with Crippen LogP contribution in [0.1, 0.15) is 37.5 Å². The second kappa shape index (κ2) is 11.2. The molecule has 1 aromatic heterocycles. The molecule has 2 amide bonds. The standard InChI is InChI=1S/C29H32N4O3/c1-20(2)29(35)33-21(3)17-32(18-25-8-5-4-7-24(25)15-30)19-26(33)28(34)31-16-22-10-12-23(13-11-22)27-9-6-14-36-27/h4-14,20-21,26H,16-19H2,1-3H3,(H,31,34). The van der Waals surface area contributed by atoms with Crippen LogP contribution in [0.2, 0.25) is 0 Å². The summed E-state index contributed by atoms with van der Waals surface area (Å²) < 4.78 is 5.44. The number of rotatable bonds is 7. The Morgan fingerprint density at radius 3 is 2.50 bits per heavy atom. The van der Waals surface area contributed by atoms with E-state index < -0.39 is 6.04 Å². The fourth-order valence-corrected chi connectivity index (χ4v) is 4.73. The van der Waals surface area contributed by atoms with E-state index in [4.69, 9.17) is 4.42 Å². The molecule has 3 aromatic rings. The van der Waals surface area contributed by atoms with Crippen LogP contribution in [-0.2, 0) is 22.7 Å². The van der Waals surface area contributed by atoms with Gasteiger partial charge in [0, 0.05) is 43.7 Å². The molecule has 0 bridgehead atoms. The number of hydrogen-bond donors (Lipinski definition) is 1. The highest BCUT2D eigenvalue weighted by Gasteiger charge is 2.40. The summed E-state index contributed by atoms with van der Waals surface area (Å²) in [7, 11) is 0. The Balaban J connectivity index is 1.48. The lowest BCUT2D eigenvalue weighted by molar-refractivity contribution is -0.150. The van der Waals surface area contributed by atoms with Gasteiger partial charge in [-0.1, -0.05) is 56.3 Å². The summed E-state index contributed by atoms with van der Waals surface area (Å²) >= 11 is 0. The van der Waals surface area contributed by atoms with Crippen LogP contribution in [0.15, 0.2) is 71.3 Å². The predicted molar refractivity (Wildman–Crippen MR) is 137 cm³/mol. The smallest absolute Gasteiger partial charge is 0.244 e. The molecule has 2 heterocycles. The van der Waals surface area contributed by atoms with Gasteiger partial charge in [0.25, 0.3) is 0 Å². The molecule has 1 aliphatic heterocycles. The molecule has 2 aromatic carbocycles. The fraction of sp³-hybridized carbons (Fsp3) is 0.345. The number of piperazine rings is 1. The summed E-state index contributed by atoms with van der Waals surface area (Å²) in [4.78, 5) is 30.4. The molecule has 1 N–H and O–H groups in total. The molecule has 0 spiro atoms. The van der Waals surface area contributed by atoms with Crippen molar-refractivity contribution < 1.29 is 14.0 Å². The maximum absolute atomic E-state index is 13.4. The summed E-state index contributed by atoms with van der Waals surface area (Å²) in [5.74, 6) is 0.386. The lowest BCUT2D eigenvalue weighted by Crippen LogP contribution is -2.64. The molecule has 2 atom stereocenters. The van der Waals surface area contributed by atoms with Crippen LogP contribution in [0, 0.1) is 17.2 Å². The van der Waals surface area contributed by atoms with Crippen LogP contribution >= 0.6 is 0 Å². The number of hydrogen-bond acceptors (Lipinski definition) is 5. The van der Waals surface area contributed by atoms with Crippen molar-refractivity contribution in [3.05, 3.63) is 83.6 Å². The number of carbonyl (C=O) groups excluding carboxylic acids is 2. The van der Waals surface area contributed by atoms with E-state index in [1.54, 1.807) is 17.2 Å². The van der Waals surface area contributed by atoms with E-state index in [1.165, 1.54) is 0 Å². The van der Waals surface area contributed by atoms with Crippen molar-refractivity contribution in [3.8, 4) is 17.4 Å². The molecule has 2 unspecified atom stereocenters. The minimum Gasteiger partial charge on any atom is -0.464 e. The van der Waals surface area contributed by atoms with Gasteiger partial charge in [-0.05, 0) is 36.2 Å². The molecule has 1 fully saturated rings. The third-order valence-corrected chi connectivity index (χ3v) is 6.57. The van der Waals surface area contributed by atoms with Crippen molar-refractivity contribution in [2.24, 2.45) is 5.92 Å². The number of carbonyl (C=O) groups is 2. The van der Waals surface area contributed by atoms with Crippen LogP contribution in [0.5, 0.6) is 0 Å². The Bertz CT molecular complexity index is 1230. The number of nitriles is 1. The summed E-state index contributed by atoms with van der Waals surface area (Å²) in [5, 5.41) is 12.5. The molecule has 186 valence electrons. The highest BCUT2D eigenvalue weighted by atomic mass is 16.3. The summed E-state index contributed by atoms with van der Waals surface area (Å²) in [5.41, 5.74) is 3.48. The van der Waals surface area contributed by atoms with E-state index in [-0.39, 0.29) is 23.8 Å². The average molecular weight is 485 g/mol. The van der Waals surface area contributed by atoms with Gasteiger partial charge in [0.1, 0.15) is 11.8 Å². The SMILES string of the molecule is CC(C)C(=O)N1C(C)CN(Cc2ccccc2C#N)CC1C(=O)NCc1ccc(-c2ccco2)cc1. The number of nitrogens with zero attached hydrogens (tertiary/aromatic N) is 3. The Hall–Kier alpha value is -3.89. The second-order valence-corrected chi connectivity index (χ2v) is 9.62. The van der Waals surface area contributed by atoms with E-state index in [1.807, 2.05) is 75.4 Å². The molecular formula is C29H32N4O3. The van der Waals surface area contributed by atoms with Gasteiger partial charge in [0.05, 0.1) is 17.9 Å². The maximum Gasteiger partial charge on any atom is 0.244 e. The van der Waals surface area contributed by atoms with E-state index in [2.05, 4.69) is 16.3 Å². The molecule has 0 saturated carbocycles. The zero-order valence-electron chi connectivity index (χ0n) is 21.0. The Kier molecular flexibility index (Phi) is 7.87. The van der Waals surface area contributed by atoms with Crippen molar-refractivity contribution in [1.29, 1.82) is 5.26 Å². The first-order chi connectivity index (χ1) is 17.4. The topological polar surface area (TPSA) is 89.6 Å². The molecule has 4 rings (SSSR count). The molecule has 1 saturated heterocycles. The van der Waals surface area contributed by atoms with Crippen LogP contribution in [0.4, 0.5) is 0 Å². The molecule has 36 heavy (non-hydrogen) atoms. The average Bonchev–Trinajstić information content (AvgIpc) is 3.42. The number of amides is 2. The van der Waals surface area contributed by atoms with E-state index >= 15 is 0 Å². The first kappa shape index (κ1) is 25.2. The zero-order valence-corrected chi connectivity index (χ0v) is 21.0. The molecule has 0 radical (unpaired) electrons. The van der Waals surface area contributed by atoms with Crippen LogP contribution in [0.25, 0.3) is 11.3 Å². The van der Waals surface area contributed by atoms with Crippen LogP contribution in [0.3, 0.4) is 0 Å². The molecule has 7 nitrogen and oxygen atoms in total. The summed E-state index contributed by atoms with van der Waals surface area (Å²) in [6, 6.07) is 20.6. The monoisotopic (exact) mass is 484 g/mol.